The monoisotopic (exact) mass is 420 g/mol. The number of anilines is 2. The first-order valence-corrected chi connectivity index (χ1v) is 9.49. The molecule has 2 rings (SSSR count). The Balaban J connectivity index is 2.46. The fraction of sp³-hybridized carbons (Fsp3) is 0.350. The molecule has 0 radical (unpaired) electrons. The number of aromatic amines is 1. The van der Waals surface area contributed by atoms with Gasteiger partial charge in [0.15, 0.2) is 5.69 Å². The molecule has 0 unspecified atom stereocenters. The van der Waals surface area contributed by atoms with Crippen LogP contribution in [0.25, 0.3) is 6.08 Å². The van der Waals surface area contributed by atoms with E-state index in [0.717, 1.165) is 5.56 Å². The van der Waals surface area contributed by atoms with E-state index in [0.29, 0.717) is 11.6 Å². The van der Waals surface area contributed by atoms with Crippen LogP contribution in [0.2, 0.25) is 5.02 Å². The van der Waals surface area contributed by atoms with Gasteiger partial charge in [-0.15, -0.1) is 0 Å². The summed E-state index contributed by atoms with van der Waals surface area (Å²) in [5.74, 6) is -0.414. The van der Waals surface area contributed by atoms with E-state index in [9.17, 15) is 14.4 Å². The average Bonchev–Trinajstić information content (AvgIpc) is 2.66. The number of aromatic nitrogens is 2. The van der Waals surface area contributed by atoms with Gasteiger partial charge in [-0.1, -0.05) is 37.6 Å². The molecule has 1 aromatic heterocycles. The molecule has 0 aliphatic heterocycles. The van der Waals surface area contributed by atoms with Crippen molar-refractivity contribution in [3.8, 4) is 0 Å². The molecule has 1 aromatic carbocycles. The molecular weight excluding hydrogens is 396 g/mol. The molecule has 3 N–H and O–H groups in total. The molecular formula is C20H25ClN4O4. The van der Waals surface area contributed by atoms with Crippen LogP contribution in [0, 0.1) is 5.92 Å². The van der Waals surface area contributed by atoms with E-state index in [4.69, 9.17) is 22.1 Å². The number of hydrogen-bond donors (Lipinski definition) is 2. The van der Waals surface area contributed by atoms with Gasteiger partial charge in [0.25, 0.3) is 11.5 Å². The minimum atomic E-state index is -0.725. The van der Waals surface area contributed by atoms with Gasteiger partial charge < -0.3 is 10.5 Å². The molecule has 2 aromatic rings. The number of nitrogens with one attached hydrogen (secondary N) is 1. The average molecular weight is 421 g/mol. The summed E-state index contributed by atoms with van der Waals surface area (Å²) in [6.07, 6.45) is 2.93. The van der Waals surface area contributed by atoms with Crippen molar-refractivity contribution in [1.29, 1.82) is 0 Å². The molecule has 0 saturated carbocycles. The standard InChI is InChI=1S/C20H25ClN4O4/c1-13(2)12-25-18(22)17(19(27)23-20(25)28)24(10-11-29-3)16(26)9-6-14-4-7-15(21)8-5-14/h4-9,13H,10-12,22H2,1-3H3,(H,23,27,28)/b9-6+. The van der Waals surface area contributed by atoms with Crippen LogP contribution < -0.4 is 21.9 Å². The van der Waals surface area contributed by atoms with E-state index in [1.54, 1.807) is 30.3 Å². The Morgan fingerprint density at radius 2 is 1.97 bits per heavy atom. The van der Waals surface area contributed by atoms with Crippen LogP contribution in [-0.4, -0.2) is 35.7 Å². The number of halogens is 1. The zero-order valence-electron chi connectivity index (χ0n) is 16.6. The number of nitrogen functional groups attached to an aromatic ring is 1. The molecule has 29 heavy (non-hydrogen) atoms. The van der Waals surface area contributed by atoms with Crippen molar-refractivity contribution >= 4 is 35.1 Å². The molecule has 0 fully saturated rings. The van der Waals surface area contributed by atoms with Gasteiger partial charge in [0.2, 0.25) is 0 Å². The highest BCUT2D eigenvalue weighted by atomic mass is 35.5. The Bertz CT molecular complexity index is 993. The molecule has 0 aliphatic rings. The van der Waals surface area contributed by atoms with Gasteiger partial charge in [-0.3, -0.25) is 24.0 Å². The number of methoxy groups -OCH3 is 1. The third-order valence-electron chi connectivity index (χ3n) is 4.11. The largest absolute Gasteiger partial charge is 0.383 e. The lowest BCUT2D eigenvalue weighted by atomic mass is 10.2. The van der Waals surface area contributed by atoms with Crippen molar-refractivity contribution < 1.29 is 9.53 Å². The van der Waals surface area contributed by atoms with Gasteiger partial charge in [-0.25, -0.2) is 4.79 Å². The molecule has 156 valence electrons. The maximum Gasteiger partial charge on any atom is 0.330 e. The minimum absolute atomic E-state index is 0.0585. The number of ether oxygens (including phenoxy) is 1. The summed E-state index contributed by atoms with van der Waals surface area (Å²) in [7, 11) is 1.49. The quantitative estimate of drug-likeness (QED) is 0.635. The molecule has 1 amide bonds. The summed E-state index contributed by atoms with van der Waals surface area (Å²) in [4.78, 5) is 41.0. The van der Waals surface area contributed by atoms with Gasteiger partial charge in [0.1, 0.15) is 5.82 Å². The fourth-order valence-electron chi connectivity index (χ4n) is 2.73. The zero-order chi connectivity index (χ0) is 21.6. The summed E-state index contributed by atoms with van der Waals surface area (Å²) < 4.78 is 6.33. The second-order valence-electron chi connectivity index (χ2n) is 6.87. The number of nitrogens with two attached hydrogens (primary N) is 1. The SMILES string of the molecule is COCCN(C(=O)/C=C/c1ccc(Cl)cc1)c1c(N)n(CC(C)C)c(=O)[nH]c1=O. The van der Waals surface area contributed by atoms with Crippen molar-refractivity contribution in [2.24, 2.45) is 5.92 Å². The summed E-state index contributed by atoms with van der Waals surface area (Å²) in [6, 6.07) is 6.93. The first kappa shape index (κ1) is 22.4. The van der Waals surface area contributed by atoms with E-state index >= 15 is 0 Å². The summed E-state index contributed by atoms with van der Waals surface area (Å²) in [5, 5.41) is 0.585. The minimum Gasteiger partial charge on any atom is -0.383 e. The van der Waals surface area contributed by atoms with E-state index in [-0.39, 0.29) is 30.6 Å². The normalized spacial score (nSPS) is 11.3. The molecule has 0 saturated heterocycles. The Morgan fingerprint density at radius 1 is 1.31 bits per heavy atom. The molecule has 0 spiro atoms. The third kappa shape index (κ3) is 5.82. The van der Waals surface area contributed by atoms with Crippen LogP contribution in [0.4, 0.5) is 11.5 Å². The number of amides is 1. The van der Waals surface area contributed by atoms with Crippen LogP contribution >= 0.6 is 11.6 Å². The second kappa shape index (κ2) is 10.1. The van der Waals surface area contributed by atoms with Crippen LogP contribution in [0.3, 0.4) is 0 Å². The number of H-pyrrole nitrogens is 1. The molecule has 8 nitrogen and oxygen atoms in total. The number of rotatable bonds is 8. The van der Waals surface area contributed by atoms with Gasteiger partial charge in [-0.05, 0) is 29.7 Å². The zero-order valence-corrected chi connectivity index (χ0v) is 17.4. The molecule has 0 atom stereocenters. The molecule has 9 heteroatoms. The topological polar surface area (TPSA) is 110 Å². The number of carbonyl (C=O) groups excluding carboxylic acids is 1. The van der Waals surface area contributed by atoms with E-state index in [1.807, 2.05) is 13.8 Å². The van der Waals surface area contributed by atoms with Crippen molar-refractivity contribution in [2.75, 3.05) is 30.9 Å². The van der Waals surface area contributed by atoms with E-state index < -0.39 is 17.2 Å². The van der Waals surface area contributed by atoms with Crippen molar-refractivity contribution in [3.63, 3.8) is 0 Å². The van der Waals surface area contributed by atoms with E-state index in [1.165, 1.54) is 22.7 Å². The lowest BCUT2D eigenvalue weighted by Crippen LogP contribution is -2.42. The Labute approximate surface area is 173 Å². The maximum atomic E-state index is 12.9. The predicted octanol–water partition coefficient (Wildman–Crippen LogP) is 2.12. The smallest absolute Gasteiger partial charge is 0.330 e. The molecule has 1 heterocycles. The Hall–Kier alpha value is -2.84. The highest BCUT2D eigenvalue weighted by Gasteiger charge is 2.23. The van der Waals surface area contributed by atoms with Crippen molar-refractivity contribution in [3.05, 3.63) is 61.8 Å². The van der Waals surface area contributed by atoms with Crippen molar-refractivity contribution in [1.82, 2.24) is 9.55 Å². The Kier molecular flexibility index (Phi) is 7.81. The number of hydrogen-bond acceptors (Lipinski definition) is 5. The van der Waals surface area contributed by atoms with Crippen molar-refractivity contribution in [2.45, 2.75) is 20.4 Å². The third-order valence-corrected chi connectivity index (χ3v) is 4.36. The lowest BCUT2D eigenvalue weighted by molar-refractivity contribution is -0.114. The first-order chi connectivity index (χ1) is 13.7. The van der Waals surface area contributed by atoms with Gasteiger partial charge >= 0.3 is 5.69 Å². The van der Waals surface area contributed by atoms with Crippen LogP contribution in [0.5, 0.6) is 0 Å². The number of benzene rings is 1. The molecule has 0 bridgehead atoms. The maximum absolute atomic E-state index is 12.9. The van der Waals surface area contributed by atoms with E-state index in [2.05, 4.69) is 4.98 Å². The highest BCUT2D eigenvalue weighted by molar-refractivity contribution is 6.30. The van der Waals surface area contributed by atoms with Gasteiger partial charge in [0, 0.05) is 31.3 Å². The van der Waals surface area contributed by atoms with Crippen LogP contribution in [-0.2, 0) is 16.1 Å². The van der Waals surface area contributed by atoms with Crippen LogP contribution in [0.1, 0.15) is 19.4 Å². The number of nitrogens with zero attached hydrogens (tertiary/aromatic N) is 2. The predicted molar refractivity (Wildman–Crippen MR) is 115 cm³/mol. The highest BCUT2D eigenvalue weighted by Crippen LogP contribution is 2.18. The number of carbonyl (C=O) groups is 1. The summed E-state index contributed by atoms with van der Waals surface area (Å²) in [6.45, 7) is 4.41. The fourth-order valence-corrected chi connectivity index (χ4v) is 2.86. The summed E-state index contributed by atoms with van der Waals surface area (Å²) >= 11 is 5.87. The summed E-state index contributed by atoms with van der Waals surface area (Å²) in [5.41, 5.74) is 5.49. The molecule has 0 aliphatic carbocycles. The first-order valence-electron chi connectivity index (χ1n) is 9.11. The Morgan fingerprint density at radius 3 is 2.55 bits per heavy atom. The van der Waals surface area contributed by atoms with Crippen LogP contribution in [0.15, 0.2) is 39.9 Å². The van der Waals surface area contributed by atoms with Gasteiger partial charge in [0.05, 0.1) is 6.61 Å². The lowest BCUT2D eigenvalue weighted by Gasteiger charge is -2.23. The second-order valence-corrected chi connectivity index (χ2v) is 7.30. The van der Waals surface area contributed by atoms with Gasteiger partial charge in [-0.2, -0.15) is 0 Å².